The summed E-state index contributed by atoms with van der Waals surface area (Å²) in [6, 6.07) is 20.0. The van der Waals surface area contributed by atoms with E-state index in [2.05, 4.69) is 10.3 Å². The highest BCUT2D eigenvalue weighted by Crippen LogP contribution is 2.36. The molecule has 2 atom stereocenters. The van der Waals surface area contributed by atoms with Crippen LogP contribution in [0.2, 0.25) is 0 Å². The summed E-state index contributed by atoms with van der Waals surface area (Å²) >= 11 is 0. The third kappa shape index (κ3) is 7.31. The Hall–Kier alpha value is -5.30. The minimum absolute atomic E-state index is 0.0464. The van der Waals surface area contributed by atoms with Gasteiger partial charge in [-0.3, -0.25) is 14.2 Å². The van der Waals surface area contributed by atoms with Crippen LogP contribution in [0.1, 0.15) is 30.7 Å². The first-order valence-electron chi connectivity index (χ1n) is 15.7. The Bertz CT molecular complexity index is 1810. The van der Waals surface area contributed by atoms with E-state index in [1.807, 2.05) is 30.3 Å². The van der Waals surface area contributed by atoms with E-state index in [9.17, 15) is 28.3 Å². The van der Waals surface area contributed by atoms with Crippen LogP contribution >= 0.6 is 0 Å². The van der Waals surface area contributed by atoms with Gasteiger partial charge in [0.2, 0.25) is 11.8 Å². The minimum atomic E-state index is -1.28. The molecule has 3 aromatic carbocycles. The molecule has 0 spiro atoms. The van der Waals surface area contributed by atoms with Crippen molar-refractivity contribution in [1.82, 2.24) is 19.4 Å². The van der Waals surface area contributed by atoms with Gasteiger partial charge < -0.3 is 30.7 Å². The van der Waals surface area contributed by atoms with Crippen molar-refractivity contribution in [2.24, 2.45) is 5.92 Å². The monoisotopic (exact) mass is 658 g/mol. The quantitative estimate of drug-likeness (QED) is 0.264. The van der Waals surface area contributed by atoms with Crippen molar-refractivity contribution >= 4 is 23.3 Å². The number of piperidine rings is 2. The Morgan fingerprint density at radius 3 is 2.25 bits per heavy atom. The second kappa shape index (κ2) is 13.8. The van der Waals surface area contributed by atoms with Gasteiger partial charge in [0.1, 0.15) is 23.7 Å². The lowest BCUT2D eigenvalue weighted by Crippen LogP contribution is -2.53. The van der Waals surface area contributed by atoms with Gasteiger partial charge in [0.25, 0.3) is 5.56 Å². The highest BCUT2D eigenvalue weighted by molar-refractivity contribution is 5.90. The van der Waals surface area contributed by atoms with Gasteiger partial charge in [0.15, 0.2) is 5.69 Å². The molecule has 250 valence electrons. The molecular formula is C35H36F2N6O5. The molecule has 4 aromatic rings. The van der Waals surface area contributed by atoms with E-state index in [1.54, 1.807) is 9.80 Å². The number of hydrogen-bond donors (Lipinski definition) is 3. The number of hydrogen-bond acceptors (Lipinski definition) is 7. The zero-order chi connectivity index (χ0) is 33.8. The number of halogens is 2. The molecular weight excluding hydrogens is 622 g/mol. The number of aromatic nitrogens is 2. The summed E-state index contributed by atoms with van der Waals surface area (Å²) < 4.78 is 33.3. The van der Waals surface area contributed by atoms with E-state index < -0.39 is 22.8 Å². The predicted octanol–water partition coefficient (Wildman–Crippen LogP) is 4.59. The lowest BCUT2D eigenvalue weighted by molar-refractivity contribution is -0.142. The second-order valence-electron chi connectivity index (χ2n) is 12.3. The predicted molar refractivity (Wildman–Crippen MR) is 174 cm³/mol. The van der Waals surface area contributed by atoms with E-state index in [0.29, 0.717) is 25.2 Å². The lowest BCUT2D eigenvalue weighted by atomic mass is 9.79. The van der Waals surface area contributed by atoms with Crippen molar-refractivity contribution in [3.8, 4) is 11.6 Å². The Morgan fingerprint density at radius 2 is 1.58 bits per heavy atom. The van der Waals surface area contributed by atoms with Gasteiger partial charge in [-0.2, -0.15) is 0 Å². The molecule has 2 fully saturated rings. The number of nitrogens with zero attached hydrogens (tertiary/aromatic N) is 4. The summed E-state index contributed by atoms with van der Waals surface area (Å²) in [6.07, 6.45) is 2.15. The first-order chi connectivity index (χ1) is 23.1. The molecule has 0 unspecified atom stereocenters. The number of nitrogen functional groups attached to an aromatic ring is 1. The first kappa shape index (κ1) is 32.6. The number of amides is 3. The molecule has 0 bridgehead atoms. The highest BCUT2D eigenvalue weighted by atomic mass is 19.1. The Balaban J connectivity index is 1.10. The Kier molecular flexibility index (Phi) is 9.40. The molecule has 6 rings (SSSR count). The topological polar surface area (TPSA) is 143 Å². The van der Waals surface area contributed by atoms with Crippen molar-refractivity contribution in [2.75, 3.05) is 37.2 Å². The van der Waals surface area contributed by atoms with Gasteiger partial charge in [0.05, 0.1) is 12.1 Å². The van der Waals surface area contributed by atoms with E-state index in [-0.39, 0.29) is 73.6 Å². The molecule has 2 aliphatic rings. The molecule has 3 heterocycles. The van der Waals surface area contributed by atoms with Crippen LogP contribution in [0.25, 0.3) is 0 Å². The largest absolute Gasteiger partial charge is 0.437 e. The first-order valence-corrected chi connectivity index (χ1v) is 15.7. The van der Waals surface area contributed by atoms with Gasteiger partial charge >= 0.3 is 6.03 Å². The summed E-state index contributed by atoms with van der Waals surface area (Å²) in [4.78, 5) is 47.7. The molecule has 2 aliphatic heterocycles. The summed E-state index contributed by atoms with van der Waals surface area (Å²) in [6.45, 7) is 1.18. The van der Waals surface area contributed by atoms with Crippen LogP contribution in [0.5, 0.6) is 11.6 Å². The molecule has 0 saturated carbocycles. The molecule has 0 radical (unpaired) electrons. The maximum atomic E-state index is 14.0. The normalized spacial score (nSPS) is 19.1. The fourth-order valence-electron chi connectivity index (χ4n) is 6.36. The fraction of sp³-hybridized carbons (Fsp3) is 0.314. The van der Waals surface area contributed by atoms with Crippen molar-refractivity contribution < 1.29 is 28.2 Å². The Morgan fingerprint density at radius 1 is 0.938 bits per heavy atom. The molecule has 2 saturated heterocycles. The van der Waals surface area contributed by atoms with Crippen LogP contribution in [0.3, 0.4) is 0 Å². The third-order valence-electron chi connectivity index (χ3n) is 9.08. The maximum Gasteiger partial charge on any atom is 0.321 e. The molecule has 48 heavy (non-hydrogen) atoms. The van der Waals surface area contributed by atoms with Crippen LogP contribution in [0.15, 0.2) is 90.0 Å². The van der Waals surface area contributed by atoms with Crippen molar-refractivity contribution in [3.05, 3.63) is 113 Å². The van der Waals surface area contributed by atoms with Gasteiger partial charge in [0, 0.05) is 43.7 Å². The maximum absolute atomic E-state index is 14.0. The van der Waals surface area contributed by atoms with Crippen LogP contribution < -0.4 is 21.3 Å². The van der Waals surface area contributed by atoms with Crippen molar-refractivity contribution in [3.63, 3.8) is 0 Å². The number of nitrogens with one attached hydrogen (secondary N) is 1. The van der Waals surface area contributed by atoms with E-state index in [0.717, 1.165) is 5.56 Å². The van der Waals surface area contributed by atoms with Gasteiger partial charge in [-0.1, -0.05) is 30.3 Å². The smallest absolute Gasteiger partial charge is 0.321 e. The molecule has 1 aromatic heterocycles. The number of nitrogens with two attached hydrogens (primary N) is 1. The van der Waals surface area contributed by atoms with Crippen LogP contribution in [-0.2, 0) is 11.3 Å². The van der Waals surface area contributed by atoms with Gasteiger partial charge in [-0.15, -0.1) is 0 Å². The molecule has 0 aliphatic carbocycles. The SMILES string of the molecule is Nc1c(Oc2ccc(F)cc2)ncn(CC2(O)CCN(C(=O)[C@@H]3CCN(C(=O)Nc4ccc(F)cc4)C[C@H]3c3ccccc3)CC2)c1=O. The summed E-state index contributed by atoms with van der Waals surface area (Å²) in [5.41, 5.74) is 5.32. The number of ether oxygens (including phenoxy) is 1. The van der Waals surface area contributed by atoms with Crippen LogP contribution in [-0.4, -0.2) is 68.2 Å². The molecule has 13 heteroatoms. The van der Waals surface area contributed by atoms with E-state index in [4.69, 9.17) is 10.5 Å². The van der Waals surface area contributed by atoms with Gasteiger partial charge in [-0.05, 0) is 73.4 Å². The van der Waals surface area contributed by atoms with Crippen molar-refractivity contribution in [2.45, 2.75) is 37.3 Å². The average Bonchev–Trinajstić information content (AvgIpc) is 3.10. The summed E-state index contributed by atoms with van der Waals surface area (Å²) in [5, 5.41) is 14.2. The van der Waals surface area contributed by atoms with Gasteiger partial charge in [-0.25, -0.2) is 18.6 Å². The number of aliphatic hydroxyl groups is 1. The summed E-state index contributed by atoms with van der Waals surface area (Å²) in [7, 11) is 0. The number of urea groups is 1. The average molecular weight is 659 g/mol. The third-order valence-corrected chi connectivity index (χ3v) is 9.08. The molecule has 3 amide bonds. The van der Waals surface area contributed by atoms with Crippen LogP contribution in [0, 0.1) is 17.6 Å². The number of carbonyl (C=O) groups is 2. The summed E-state index contributed by atoms with van der Waals surface area (Å²) in [5.74, 6) is -1.38. The van der Waals surface area contributed by atoms with E-state index >= 15 is 0 Å². The van der Waals surface area contributed by atoms with E-state index in [1.165, 1.54) is 59.4 Å². The Labute approximate surface area is 275 Å². The molecule has 11 nitrogen and oxygen atoms in total. The number of likely N-dealkylation sites (tertiary alicyclic amines) is 2. The fourth-order valence-corrected chi connectivity index (χ4v) is 6.36. The number of anilines is 2. The zero-order valence-corrected chi connectivity index (χ0v) is 26.1. The number of carbonyl (C=O) groups excluding carboxylic acids is 2. The zero-order valence-electron chi connectivity index (χ0n) is 26.1. The second-order valence-corrected chi connectivity index (χ2v) is 12.3. The number of rotatable bonds is 7. The van der Waals surface area contributed by atoms with Crippen LogP contribution in [0.4, 0.5) is 25.0 Å². The molecule has 4 N–H and O–H groups in total. The standard InChI is InChI=1S/C35H36F2N6O5/c36-24-6-10-26(11-7-24)40-34(46)42-17-14-28(29(20-42)23-4-2-1-3-5-23)32(44)41-18-15-35(47,16-19-41)21-43-22-39-31(30(38)33(43)45)48-27-12-8-25(37)9-13-27/h1-13,22,28-29,47H,14-21,38H2,(H,40,46)/t28-,29+/m1/s1. The minimum Gasteiger partial charge on any atom is -0.437 e. The highest BCUT2D eigenvalue weighted by Gasteiger charge is 2.41. The lowest BCUT2D eigenvalue weighted by Gasteiger charge is -2.43. The van der Waals surface area contributed by atoms with Crippen molar-refractivity contribution in [1.29, 1.82) is 0 Å². The number of benzene rings is 3.